The lowest BCUT2D eigenvalue weighted by Gasteiger charge is -2.31. The minimum atomic E-state index is -0.601. The van der Waals surface area contributed by atoms with E-state index in [4.69, 9.17) is 5.73 Å². The Morgan fingerprint density at radius 3 is 2.48 bits per heavy atom. The number of nitrogens with two attached hydrogens (primary N) is 1. The third-order valence-electron chi connectivity index (χ3n) is 4.18. The van der Waals surface area contributed by atoms with Crippen LogP contribution in [0, 0.1) is 12.3 Å². The van der Waals surface area contributed by atoms with Crippen molar-refractivity contribution in [2.75, 3.05) is 25.1 Å². The van der Waals surface area contributed by atoms with Gasteiger partial charge in [-0.25, -0.2) is 4.79 Å². The average molecular weight is 320 g/mol. The van der Waals surface area contributed by atoms with Crippen LogP contribution in [0.15, 0.2) is 24.3 Å². The number of nitrogens with zero attached hydrogens (tertiary/aromatic N) is 1. The van der Waals surface area contributed by atoms with Crippen LogP contribution in [0.5, 0.6) is 0 Å². The Balaban J connectivity index is 1.75. The van der Waals surface area contributed by atoms with E-state index in [9.17, 15) is 14.0 Å². The number of anilines is 1. The Labute approximate surface area is 136 Å². The van der Waals surface area contributed by atoms with Crippen LogP contribution in [0.3, 0.4) is 0 Å². The van der Waals surface area contributed by atoms with Gasteiger partial charge < -0.3 is 16.0 Å². The first-order valence-corrected chi connectivity index (χ1v) is 7.92. The summed E-state index contributed by atoms with van der Waals surface area (Å²) in [6.07, 6.45) is 4.59. The molecule has 1 aliphatic rings. The maximum Gasteiger partial charge on any atom is 0.316 e. The molecule has 5 nitrogen and oxygen atoms in total. The molecule has 1 aromatic rings. The summed E-state index contributed by atoms with van der Waals surface area (Å²) in [5, 5.41) is 2.49. The molecule has 0 saturated carbocycles. The second kappa shape index (κ2) is 8.50. The van der Waals surface area contributed by atoms with Crippen molar-refractivity contribution in [1.29, 1.82) is 0 Å². The Hall–Kier alpha value is -2.11. The van der Waals surface area contributed by atoms with Crippen LogP contribution in [0.1, 0.15) is 24.8 Å². The number of primary amides is 1. The predicted octanol–water partition coefficient (Wildman–Crippen LogP) is 2.52. The molecule has 0 aromatic heterocycles. The number of piperidine rings is 1. The molecule has 3 N–H and O–H groups in total. The smallest absolute Gasteiger partial charge is 0.316 e. The highest BCUT2D eigenvalue weighted by Gasteiger charge is 2.22. The van der Waals surface area contributed by atoms with Crippen molar-refractivity contribution in [3.63, 3.8) is 0 Å². The van der Waals surface area contributed by atoms with Gasteiger partial charge >= 0.3 is 6.03 Å². The zero-order chi connectivity index (χ0) is 16.7. The van der Waals surface area contributed by atoms with E-state index in [1.165, 1.54) is 0 Å². The van der Waals surface area contributed by atoms with Gasteiger partial charge in [0, 0.05) is 18.8 Å². The second-order valence-electron chi connectivity index (χ2n) is 5.84. The summed E-state index contributed by atoms with van der Waals surface area (Å²) in [6.45, 7) is 1.15. The molecule has 0 spiro atoms. The Morgan fingerprint density at radius 2 is 1.91 bits per heavy atom. The van der Waals surface area contributed by atoms with Crippen LogP contribution >= 0.6 is 0 Å². The van der Waals surface area contributed by atoms with Gasteiger partial charge in [-0.3, -0.25) is 9.18 Å². The molecule has 1 aliphatic heterocycles. The number of urea groups is 1. The van der Waals surface area contributed by atoms with Gasteiger partial charge in [0.1, 0.15) is 0 Å². The number of rotatable bonds is 6. The van der Waals surface area contributed by atoms with Crippen molar-refractivity contribution in [3.05, 3.63) is 36.2 Å². The van der Waals surface area contributed by atoms with Crippen LogP contribution in [-0.2, 0) is 11.2 Å². The number of benzene rings is 1. The molecule has 125 valence electrons. The van der Waals surface area contributed by atoms with E-state index in [0.717, 1.165) is 18.4 Å². The first-order valence-electron chi connectivity index (χ1n) is 7.92. The minimum Gasteiger partial charge on any atom is -0.351 e. The number of nitrogens with one attached hydrogen (secondary N) is 1. The van der Waals surface area contributed by atoms with Gasteiger partial charge in [-0.15, -0.1) is 0 Å². The van der Waals surface area contributed by atoms with E-state index in [0.29, 0.717) is 37.5 Å². The summed E-state index contributed by atoms with van der Waals surface area (Å²) >= 11 is 0. The molecule has 1 heterocycles. The molecule has 0 aliphatic carbocycles. The van der Waals surface area contributed by atoms with Crippen LogP contribution in [0.25, 0.3) is 0 Å². The number of amides is 3. The molecule has 1 aromatic carbocycles. The molecule has 1 radical (unpaired) electrons. The first kappa shape index (κ1) is 17.2. The number of carbonyl (C=O) groups excluding carboxylic acids is 2. The number of hydrogen-bond donors (Lipinski definition) is 2. The van der Waals surface area contributed by atoms with Crippen LogP contribution < -0.4 is 11.1 Å². The Kier molecular flexibility index (Phi) is 6.38. The molecule has 23 heavy (non-hydrogen) atoms. The molecular formula is C17H23FN3O2. The van der Waals surface area contributed by atoms with Crippen LogP contribution in [-0.4, -0.2) is 36.6 Å². The summed E-state index contributed by atoms with van der Waals surface area (Å²) in [5.74, 6) is 0.442. The SMILES string of the molecule is NC(=O)Nc1ccc(C[CH]C(=O)N2CCC(CCF)CC2)cc1. The van der Waals surface area contributed by atoms with E-state index in [-0.39, 0.29) is 12.6 Å². The largest absolute Gasteiger partial charge is 0.351 e. The second-order valence-corrected chi connectivity index (χ2v) is 5.84. The highest BCUT2D eigenvalue weighted by atomic mass is 19.1. The third kappa shape index (κ3) is 5.54. The van der Waals surface area contributed by atoms with Gasteiger partial charge in [-0.1, -0.05) is 12.1 Å². The van der Waals surface area contributed by atoms with Gasteiger partial charge in [0.15, 0.2) is 0 Å². The average Bonchev–Trinajstić information content (AvgIpc) is 2.54. The molecule has 0 unspecified atom stereocenters. The lowest BCUT2D eigenvalue weighted by atomic mass is 9.94. The molecule has 0 atom stereocenters. The van der Waals surface area contributed by atoms with Crippen LogP contribution in [0.4, 0.5) is 14.9 Å². The Bertz CT molecular complexity index is 525. The van der Waals surface area contributed by atoms with Crippen molar-refractivity contribution in [3.8, 4) is 0 Å². The number of likely N-dealkylation sites (tertiary alicyclic amines) is 1. The minimum absolute atomic E-state index is 0.0306. The zero-order valence-corrected chi connectivity index (χ0v) is 13.1. The molecule has 3 amide bonds. The van der Waals surface area contributed by atoms with Crippen molar-refractivity contribution in [2.45, 2.75) is 25.7 Å². The standard InChI is InChI=1S/C17H23FN3O2/c18-10-7-14-8-11-21(12-9-14)16(22)6-3-13-1-4-15(5-2-13)20-17(19)23/h1-2,4-6,14H,3,7-12H2,(H3,19,20,23). The summed E-state index contributed by atoms with van der Waals surface area (Å²) in [5.41, 5.74) is 6.66. The van der Waals surface area contributed by atoms with Gasteiger partial charge in [-0.05, 0) is 49.3 Å². The van der Waals surface area contributed by atoms with E-state index in [2.05, 4.69) is 5.32 Å². The lowest BCUT2D eigenvalue weighted by molar-refractivity contribution is -0.129. The fraction of sp³-hybridized carbons (Fsp3) is 0.471. The van der Waals surface area contributed by atoms with E-state index in [1.807, 2.05) is 17.0 Å². The summed E-state index contributed by atoms with van der Waals surface area (Å²) in [7, 11) is 0. The summed E-state index contributed by atoms with van der Waals surface area (Å²) < 4.78 is 12.3. The van der Waals surface area contributed by atoms with E-state index < -0.39 is 6.03 Å². The normalized spacial score (nSPS) is 15.4. The van der Waals surface area contributed by atoms with Crippen molar-refractivity contribution < 1.29 is 14.0 Å². The van der Waals surface area contributed by atoms with Gasteiger partial charge in [-0.2, -0.15) is 0 Å². The topological polar surface area (TPSA) is 75.4 Å². The number of hydrogen-bond acceptors (Lipinski definition) is 2. The molecule has 0 bridgehead atoms. The number of halogens is 1. The molecule has 2 rings (SSSR count). The molecule has 6 heteroatoms. The van der Waals surface area contributed by atoms with Crippen molar-refractivity contribution in [2.24, 2.45) is 11.7 Å². The fourth-order valence-corrected chi connectivity index (χ4v) is 2.80. The molecule has 1 fully saturated rings. The maximum absolute atomic E-state index is 12.3. The van der Waals surface area contributed by atoms with Crippen molar-refractivity contribution in [1.82, 2.24) is 4.90 Å². The molecule has 1 saturated heterocycles. The molecular weight excluding hydrogens is 297 g/mol. The van der Waals surface area contributed by atoms with Gasteiger partial charge in [0.2, 0.25) is 5.91 Å². The van der Waals surface area contributed by atoms with Crippen molar-refractivity contribution >= 4 is 17.6 Å². The number of alkyl halides is 1. The predicted molar refractivity (Wildman–Crippen MR) is 87.5 cm³/mol. The monoisotopic (exact) mass is 320 g/mol. The highest BCUT2D eigenvalue weighted by Crippen LogP contribution is 2.21. The summed E-state index contributed by atoms with van der Waals surface area (Å²) in [4.78, 5) is 24.7. The van der Waals surface area contributed by atoms with E-state index in [1.54, 1.807) is 18.6 Å². The summed E-state index contributed by atoms with van der Waals surface area (Å²) in [6, 6.07) is 6.60. The number of carbonyl (C=O) groups is 2. The van der Waals surface area contributed by atoms with E-state index >= 15 is 0 Å². The first-order chi connectivity index (χ1) is 11.1. The zero-order valence-electron chi connectivity index (χ0n) is 13.1. The lowest BCUT2D eigenvalue weighted by Crippen LogP contribution is -2.38. The Morgan fingerprint density at radius 1 is 1.26 bits per heavy atom. The maximum atomic E-state index is 12.3. The fourth-order valence-electron chi connectivity index (χ4n) is 2.80. The van der Waals surface area contributed by atoms with Gasteiger partial charge in [0.05, 0.1) is 13.1 Å². The third-order valence-corrected chi connectivity index (χ3v) is 4.18. The quantitative estimate of drug-likeness (QED) is 0.845. The van der Waals surface area contributed by atoms with Gasteiger partial charge in [0.25, 0.3) is 0 Å². The van der Waals surface area contributed by atoms with Crippen LogP contribution in [0.2, 0.25) is 0 Å². The highest BCUT2D eigenvalue weighted by molar-refractivity contribution is 5.88.